The van der Waals surface area contributed by atoms with E-state index in [1.807, 2.05) is 0 Å². The van der Waals surface area contributed by atoms with Gasteiger partial charge in [0.05, 0.1) is 5.56 Å². The number of alkyl halides is 3. The van der Waals surface area contributed by atoms with Crippen LogP contribution in [0.4, 0.5) is 18.9 Å². The molecule has 1 heterocycles. The van der Waals surface area contributed by atoms with E-state index < -0.39 is 29.4 Å². The maximum atomic E-state index is 12.7. The maximum absolute atomic E-state index is 12.7. The van der Waals surface area contributed by atoms with E-state index in [-0.39, 0.29) is 5.69 Å². The summed E-state index contributed by atoms with van der Waals surface area (Å²) in [6, 6.07) is 2.15. The van der Waals surface area contributed by atoms with Gasteiger partial charge in [0.15, 0.2) is 0 Å². The lowest BCUT2D eigenvalue weighted by Gasteiger charge is -2.25. The van der Waals surface area contributed by atoms with Crippen LogP contribution in [0.25, 0.3) is 0 Å². The number of amides is 1. The summed E-state index contributed by atoms with van der Waals surface area (Å²) in [5.41, 5.74) is 4.44. The molecule has 0 spiro atoms. The molecule has 0 aliphatic carbocycles. The Bertz CT molecular complexity index is 502. The zero-order chi connectivity index (χ0) is 14.2. The Labute approximate surface area is 107 Å². The number of phenolic OH excluding ortho intramolecular Hbond substituents is 1. The van der Waals surface area contributed by atoms with Crippen LogP contribution in [-0.4, -0.2) is 23.6 Å². The van der Waals surface area contributed by atoms with Gasteiger partial charge >= 0.3 is 6.18 Å². The zero-order valence-corrected chi connectivity index (χ0v) is 9.94. The summed E-state index contributed by atoms with van der Waals surface area (Å²) < 4.78 is 38.0. The molecule has 104 valence electrons. The van der Waals surface area contributed by atoms with Crippen molar-refractivity contribution in [1.82, 2.24) is 0 Å². The van der Waals surface area contributed by atoms with Crippen molar-refractivity contribution in [3.63, 3.8) is 0 Å². The van der Waals surface area contributed by atoms with Crippen molar-refractivity contribution in [2.75, 3.05) is 11.4 Å². The summed E-state index contributed by atoms with van der Waals surface area (Å²) in [7, 11) is 0. The number of halogens is 3. The van der Waals surface area contributed by atoms with Crippen LogP contribution in [0.5, 0.6) is 5.75 Å². The number of nitrogens with zero attached hydrogens (tertiary/aromatic N) is 1. The number of benzene rings is 1. The summed E-state index contributed by atoms with van der Waals surface area (Å²) in [6.07, 6.45) is -3.37. The van der Waals surface area contributed by atoms with Crippen molar-refractivity contribution in [2.24, 2.45) is 5.73 Å². The molecule has 1 atom stereocenters. The second-order valence-electron chi connectivity index (χ2n) is 4.49. The van der Waals surface area contributed by atoms with Crippen LogP contribution in [0.3, 0.4) is 0 Å². The summed E-state index contributed by atoms with van der Waals surface area (Å²) in [4.78, 5) is 12.7. The van der Waals surface area contributed by atoms with Gasteiger partial charge in [0, 0.05) is 18.3 Å². The fourth-order valence-corrected chi connectivity index (χ4v) is 2.30. The summed E-state index contributed by atoms with van der Waals surface area (Å²) in [6.45, 7) is 0.439. The van der Waals surface area contributed by atoms with Gasteiger partial charge in [0.2, 0.25) is 5.91 Å². The Morgan fingerprint density at radius 3 is 2.63 bits per heavy atom. The smallest absolute Gasteiger partial charge is 0.416 e. The maximum Gasteiger partial charge on any atom is 0.416 e. The van der Waals surface area contributed by atoms with Crippen molar-refractivity contribution in [3.05, 3.63) is 23.8 Å². The third-order valence-corrected chi connectivity index (χ3v) is 3.14. The minimum atomic E-state index is -4.55. The minimum Gasteiger partial charge on any atom is -0.508 e. The predicted molar refractivity (Wildman–Crippen MR) is 62.7 cm³/mol. The van der Waals surface area contributed by atoms with Gasteiger partial charge in [-0.2, -0.15) is 13.2 Å². The zero-order valence-electron chi connectivity index (χ0n) is 9.94. The second-order valence-corrected chi connectivity index (χ2v) is 4.49. The van der Waals surface area contributed by atoms with Crippen LogP contribution in [0.1, 0.15) is 18.4 Å². The molecule has 0 saturated carbocycles. The molecule has 7 heteroatoms. The lowest BCUT2D eigenvalue weighted by Crippen LogP contribution is -2.40. The number of primary amides is 1. The first kappa shape index (κ1) is 13.5. The van der Waals surface area contributed by atoms with Gasteiger partial charge in [0.25, 0.3) is 0 Å². The second kappa shape index (κ2) is 4.64. The number of hydrogen-bond donors (Lipinski definition) is 2. The third kappa shape index (κ3) is 2.74. The van der Waals surface area contributed by atoms with Gasteiger partial charge in [-0.15, -0.1) is 0 Å². The van der Waals surface area contributed by atoms with Crippen molar-refractivity contribution in [1.29, 1.82) is 0 Å². The number of rotatable bonds is 2. The minimum absolute atomic E-state index is 0.161. The molecule has 1 aliphatic rings. The molecule has 3 N–H and O–H groups in total. The van der Waals surface area contributed by atoms with Crippen molar-refractivity contribution in [3.8, 4) is 5.75 Å². The first-order chi connectivity index (χ1) is 8.79. The molecule has 1 unspecified atom stereocenters. The van der Waals surface area contributed by atoms with Gasteiger partial charge in [0.1, 0.15) is 11.8 Å². The summed E-state index contributed by atoms with van der Waals surface area (Å²) in [5.74, 6) is -1.06. The standard InChI is InChI=1S/C12H13F3N2O2/c13-12(14,15)7-4-8(6-9(18)5-7)17-3-1-2-10(17)11(16)19/h4-6,10,18H,1-3H2,(H2,16,19). The Balaban J connectivity index is 2.40. The largest absolute Gasteiger partial charge is 0.508 e. The molecule has 1 saturated heterocycles. The molecule has 4 nitrogen and oxygen atoms in total. The first-order valence-electron chi connectivity index (χ1n) is 5.76. The van der Waals surface area contributed by atoms with Crippen molar-refractivity contribution >= 4 is 11.6 Å². The Hall–Kier alpha value is -1.92. The van der Waals surface area contributed by atoms with E-state index >= 15 is 0 Å². The lowest BCUT2D eigenvalue weighted by molar-refractivity contribution is -0.137. The molecule has 0 bridgehead atoms. The molecule has 0 aromatic heterocycles. The molecule has 1 aromatic carbocycles. The number of phenols is 1. The first-order valence-corrected chi connectivity index (χ1v) is 5.76. The Morgan fingerprint density at radius 2 is 2.05 bits per heavy atom. The average Bonchev–Trinajstić information content (AvgIpc) is 2.75. The quantitative estimate of drug-likeness (QED) is 0.865. The van der Waals surface area contributed by atoms with Crippen LogP contribution in [0, 0.1) is 0 Å². The number of carbonyl (C=O) groups excluding carboxylic acids is 1. The molecule has 1 aliphatic heterocycles. The highest BCUT2D eigenvalue weighted by Gasteiger charge is 2.34. The third-order valence-electron chi connectivity index (χ3n) is 3.14. The van der Waals surface area contributed by atoms with Gasteiger partial charge in [-0.25, -0.2) is 0 Å². The van der Waals surface area contributed by atoms with E-state index in [4.69, 9.17) is 5.73 Å². The molecule has 0 radical (unpaired) electrons. The van der Waals surface area contributed by atoms with E-state index in [2.05, 4.69) is 0 Å². The van der Waals surface area contributed by atoms with E-state index in [0.29, 0.717) is 25.5 Å². The van der Waals surface area contributed by atoms with Crippen LogP contribution >= 0.6 is 0 Å². The van der Waals surface area contributed by atoms with Crippen molar-refractivity contribution in [2.45, 2.75) is 25.1 Å². The van der Waals surface area contributed by atoms with E-state index in [9.17, 15) is 23.1 Å². The number of aromatic hydroxyl groups is 1. The number of anilines is 1. The average molecular weight is 274 g/mol. The number of carbonyl (C=O) groups is 1. The molecule has 2 rings (SSSR count). The normalized spacial score (nSPS) is 19.7. The monoisotopic (exact) mass is 274 g/mol. The van der Waals surface area contributed by atoms with Crippen molar-refractivity contribution < 1.29 is 23.1 Å². The van der Waals surface area contributed by atoms with Gasteiger partial charge in [-0.1, -0.05) is 0 Å². The Morgan fingerprint density at radius 1 is 1.37 bits per heavy atom. The Kier molecular flexibility index (Phi) is 3.30. The molecular formula is C12H13F3N2O2. The van der Waals surface area contributed by atoms with Gasteiger partial charge in [-0.3, -0.25) is 4.79 Å². The van der Waals surface area contributed by atoms with Gasteiger partial charge < -0.3 is 15.7 Å². The number of hydrogen-bond acceptors (Lipinski definition) is 3. The summed E-state index contributed by atoms with van der Waals surface area (Å²) >= 11 is 0. The van der Waals surface area contributed by atoms with Crippen LogP contribution < -0.4 is 10.6 Å². The molecule has 19 heavy (non-hydrogen) atoms. The molecule has 1 fully saturated rings. The van der Waals surface area contributed by atoms with Crippen LogP contribution in [-0.2, 0) is 11.0 Å². The van der Waals surface area contributed by atoms with Gasteiger partial charge in [-0.05, 0) is 25.0 Å². The molecule has 1 amide bonds. The topological polar surface area (TPSA) is 66.6 Å². The van der Waals surface area contributed by atoms with Crippen LogP contribution in [0.15, 0.2) is 18.2 Å². The highest BCUT2D eigenvalue weighted by molar-refractivity contribution is 5.84. The fourth-order valence-electron chi connectivity index (χ4n) is 2.30. The van der Waals surface area contributed by atoms with E-state index in [1.165, 1.54) is 11.0 Å². The molecular weight excluding hydrogens is 261 g/mol. The predicted octanol–water partition coefficient (Wildman–Crippen LogP) is 1.87. The molecule has 1 aromatic rings. The van der Waals surface area contributed by atoms with E-state index in [1.54, 1.807) is 0 Å². The highest BCUT2D eigenvalue weighted by atomic mass is 19.4. The van der Waals surface area contributed by atoms with Crippen LogP contribution in [0.2, 0.25) is 0 Å². The lowest BCUT2D eigenvalue weighted by atomic mass is 10.1. The SMILES string of the molecule is NC(=O)C1CCCN1c1cc(O)cc(C(F)(F)F)c1. The fraction of sp³-hybridized carbons (Fsp3) is 0.417. The number of nitrogens with two attached hydrogens (primary N) is 1. The highest BCUT2D eigenvalue weighted by Crippen LogP contribution is 2.36. The summed E-state index contributed by atoms with van der Waals surface area (Å²) in [5, 5.41) is 9.40. The van der Waals surface area contributed by atoms with E-state index in [0.717, 1.165) is 6.07 Å².